The van der Waals surface area contributed by atoms with Crippen LogP contribution in [0.4, 0.5) is 0 Å². The summed E-state index contributed by atoms with van der Waals surface area (Å²) in [6.45, 7) is 3.74. The summed E-state index contributed by atoms with van der Waals surface area (Å²) < 4.78 is 0. The van der Waals surface area contributed by atoms with E-state index in [1.54, 1.807) is 0 Å². The molecule has 4 heteroatoms. The number of hydrogen-bond donors (Lipinski definition) is 1. The van der Waals surface area contributed by atoms with Crippen molar-refractivity contribution in [3.8, 4) is 0 Å². The van der Waals surface area contributed by atoms with Crippen LogP contribution in [0.2, 0.25) is 0 Å². The Labute approximate surface area is 74.0 Å². The zero-order chi connectivity index (χ0) is 5.56. The van der Waals surface area contributed by atoms with E-state index in [9.17, 15) is 0 Å². The van der Waals surface area contributed by atoms with E-state index in [1.165, 1.54) is 19.5 Å². The van der Waals surface area contributed by atoms with Gasteiger partial charge in [0.15, 0.2) is 0 Å². The lowest BCUT2D eigenvalue weighted by molar-refractivity contribution is 0.346. The molecule has 2 aliphatic rings. The standard InChI is InChI=1S/C6H12N2.2ClH/c7-6-4-8-2-1-5(6)3-8;;/h5-6H,1-4,7H2;2*1H/t5-,6+;;/m0../s1. The first-order chi connectivity index (χ1) is 3.86. The fraction of sp³-hybridized carbons (Fsp3) is 1.00. The fourth-order valence-electron chi connectivity index (χ4n) is 1.83. The van der Waals surface area contributed by atoms with Gasteiger partial charge in [-0.2, -0.15) is 0 Å². The number of fused-ring (bicyclic) bond motifs is 2. The van der Waals surface area contributed by atoms with Crippen LogP contribution in [0.1, 0.15) is 6.42 Å². The van der Waals surface area contributed by atoms with E-state index < -0.39 is 0 Å². The molecule has 0 aromatic carbocycles. The lowest BCUT2D eigenvalue weighted by atomic mass is 10.0. The molecule has 62 valence electrons. The van der Waals surface area contributed by atoms with Gasteiger partial charge in [-0.25, -0.2) is 0 Å². The summed E-state index contributed by atoms with van der Waals surface area (Å²) in [6.07, 6.45) is 1.35. The van der Waals surface area contributed by atoms with Crippen molar-refractivity contribution in [1.29, 1.82) is 0 Å². The average molecular weight is 185 g/mol. The van der Waals surface area contributed by atoms with Crippen molar-refractivity contribution in [3.05, 3.63) is 0 Å². The Hall–Kier alpha value is 0.500. The molecular weight excluding hydrogens is 171 g/mol. The van der Waals surface area contributed by atoms with Gasteiger partial charge in [0.05, 0.1) is 0 Å². The molecule has 2 heterocycles. The topological polar surface area (TPSA) is 29.3 Å². The highest BCUT2D eigenvalue weighted by atomic mass is 35.5. The molecule has 2 bridgehead atoms. The van der Waals surface area contributed by atoms with Crippen LogP contribution in [0.15, 0.2) is 0 Å². The van der Waals surface area contributed by atoms with Gasteiger partial charge in [-0.3, -0.25) is 0 Å². The van der Waals surface area contributed by atoms with Crippen LogP contribution in [-0.2, 0) is 0 Å². The number of nitrogens with two attached hydrogens (primary N) is 1. The molecule has 3 atom stereocenters. The molecule has 0 saturated carbocycles. The number of nitrogens with zero attached hydrogens (tertiary/aromatic N) is 1. The van der Waals surface area contributed by atoms with E-state index in [4.69, 9.17) is 5.73 Å². The monoisotopic (exact) mass is 184 g/mol. The van der Waals surface area contributed by atoms with Crippen LogP contribution in [0.25, 0.3) is 0 Å². The van der Waals surface area contributed by atoms with E-state index in [-0.39, 0.29) is 24.8 Å². The van der Waals surface area contributed by atoms with Crippen molar-refractivity contribution in [2.24, 2.45) is 11.7 Å². The first kappa shape index (κ1) is 10.5. The van der Waals surface area contributed by atoms with Gasteiger partial charge in [0, 0.05) is 19.1 Å². The molecule has 2 fully saturated rings. The number of rotatable bonds is 0. The second-order valence-electron chi connectivity index (χ2n) is 2.97. The fourth-order valence-corrected chi connectivity index (χ4v) is 1.83. The van der Waals surface area contributed by atoms with Crippen LogP contribution in [0.3, 0.4) is 0 Å². The molecule has 0 spiro atoms. The molecule has 0 aromatic heterocycles. The Morgan fingerprint density at radius 3 is 2.10 bits per heavy atom. The van der Waals surface area contributed by atoms with Crippen molar-refractivity contribution >= 4 is 24.8 Å². The van der Waals surface area contributed by atoms with Crippen molar-refractivity contribution in [2.45, 2.75) is 12.5 Å². The SMILES string of the molecule is Cl.Cl.N[C@@H]1CN2CC[C@H]1C2. The number of hydrogen-bond acceptors (Lipinski definition) is 2. The Kier molecular flexibility index (Phi) is 3.95. The summed E-state index contributed by atoms with van der Waals surface area (Å²) in [4.78, 5) is 2.45. The van der Waals surface area contributed by atoms with Crippen molar-refractivity contribution in [2.75, 3.05) is 19.6 Å². The molecule has 0 aromatic rings. The summed E-state index contributed by atoms with van der Waals surface area (Å²) in [5.41, 5.74) is 5.78. The van der Waals surface area contributed by atoms with Gasteiger partial charge in [-0.1, -0.05) is 0 Å². The Bertz CT molecular complexity index is 108. The summed E-state index contributed by atoms with van der Waals surface area (Å²) in [6, 6.07) is 0.503. The van der Waals surface area contributed by atoms with Crippen molar-refractivity contribution in [1.82, 2.24) is 4.90 Å². The third-order valence-corrected chi connectivity index (χ3v) is 2.38. The van der Waals surface area contributed by atoms with Gasteiger partial charge < -0.3 is 10.6 Å². The first-order valence-corrected chi connectivity index (χ1v) is 3.34. The first-order valence-electron chi connectivity index (χ1n) is 3.34. The minimum atomic E-state index is 0. The van der Waals surface area contributed by atoms with E-state index >= 15 is 0 Å². The molecule has 0 aliphatic carbocycles. The summed E-state index contributed by atoms with van der Waals surface area (Å²) in [5.74, 6) is 0.843. The highest BCUT2D eigenvalue weighted by Gasteiger charge is 2.35. The molecule has 2 saturated heterocycles. The second kappa shape index (κ2) is 3.77. The van der Waals surface area contributed by atoms with E-state index in [0.717, 1.165) is 12.5 Å². The lowest BCUT2D eigenvalue weighted by Crippen LogP contribution is -2.34. The largest absolute Gasteiger partial charge is 0.326 e. The molecule has 2 rings (SSSR count). The lowest BCUT2D eigenvalue weighted by Gasteiger charge is -2.16. The Morgan fingerprint density at radius 2 is 1.90 bits per heavy atom. The predicted octanol–water partition coefficient (Wildman–Crippen LogP) is 0.493. The molecule has 2 N–H and O–H groups in total. The number of piperidine rings is 1. The van der Waals surface area contributed by atoms with Crippen LogP contribution >= 0.6 is 24.8 Å². The Morgan fingerprint density at radius 1 is 1.20 bits per heavy atom. The zero-order valence-corrected chi connectivity index (χ0v) is 7.46. The quantitative estimate of drug-likeness (QED) is 0.595. The minimum Gasteiger partial charge on any atom is -0.326 e. The van der Waals surface area contributed by atoms with E-state index in [2.05, 4.69) is 4.90 Å². The maximum Gasteiger partial charge on any atom is 0.0209 e. The van der Waals surface area contributed by atoms with Gasteiger partial charge in [-0.15, -0.1) is 24.8 Å². The predicted molar refractivity (Wildman–Crippen MR) is 47.0 cm³/mol. The smallest absolute Gasteiger partial charge is 0.0209 e. The minimum absolute atomic E-state index is 0. The van der Waals surface area contributed by atoms with Crippen molar-refractivity contribution < 1.29 is 0 Å². The van der Waals surface area contributed by atoms with Crippen LogP contribution in [0, 0.1) is 5.92 Å². The Balaban J connectivity index is 0.000000405. The van der Waals surface area contributed by atoms with Crippen LogP contribution in [-0.4, -0.2) is 30.6 Å². The average Bonchev–Trinajstić information content (AvgIpc) is 2.23. The van der Waals surface area contributed by atoms with E-state index in [0.29, 0.717) is 6.04 Å². The van der Waals surface area contributed by atoms with Gasteiger partial charge in [0.2, 0.25) is 0 Å². The van der Waals surface area contributed by atoms with Crippen molar-refractivity contribution in [3.63, 3.8) is 0 Å². The highest BCUT2D eigenvalue weighted by Crippen LogP contribution is 2.25. The summed E-state index contributed by atoms with van der Waals surface area (Å²) >= 11 is 0. The van der Waals surface area contributed by atoms with Gasteiger partial charge in [-0.05, 0) is 18.9 Å². The summed E-state index contributed by atoms with van der Waals surface area (Å²) in [7, 11) is 0. The normalized spacial score (nSPS) is 42.3. The van der Waals surface area contributed by atoms with Crippen LogP contribution < -0.4 is 5.73 Å². The molecule has 0 radical (unpaired) electrons. The molecule has 10 heavy (non-hydrogen) atoms. The second-order valence-corrected chi connectivity index (χ2v) is 2.97. The maximum absolute atomic E-state index is 5.78. The highest BCUT2D eigenvalue weighted by molar-refractivity contribution is 5.85. The molecular formula is C6H14Cl2N2. The number of halogens is 2. The molecule has 2 aliphatic heterocycles. The molecule has 0 amide bonds. The van der Waals surface area contributed by atoms with Gasteiger partial charge >= 0.3 is 0 Å². The zero-order valence-electron chi connectivity index (χ0n) is 5.82. The maximum atomic E-state index is 5.78. The van der Waals surface area contributed by atoms with Gasteiger partial charge in [0.25, 0.3) is 0 Å². The van der Waals surface area contributed by atoms with E-state index in [1.807, 2.05) is 0 Å². The third kappa shape index (κ3) is 1.56. The van der Waals surface area contributed by atoms with Crippen LogP contribution in [0.5, 0.6) is 0 Å². The summed E-state index contributed by atoms with van der Waals surface area (Å²) in [5, 5.41) is 0. The molecule has 2 nitrogen and oxygen atoms in total. The third-order valence-electron chi connectivity index (χ3n) is 2.38. The molecule has 1 unspecified atom stereocenters. The van der Waals surface area contributed by atoms with Gasteiger partial charge in [0.1, 0.15) is 0 Å².